The third-order valence-corrected chi connectivity index (χ3v) is 1.17. The van der Waals surface area contributed by atoms with Crippen LogP contribution in [-0.4, -0.2) is 6.56 Å². The second-order valence-corrected chi connectivity index (χ2v) is 1.80. The molecule has 0 unspecified atom stereocenters. The van der Waals surface area contributed by atoms with Crippen molar-refractivity contribution in [1.82, 2.24) is 0 Å². The molecule has 6 heavy (non-hydrogen) atoms. The van der Waals surface area contributed by atoms with Gasteiger partial charge in [-0.15, -0.1) is 5.98 Å². The second-order valence-electron chi connectivity index (χ2n) is 0.986. The van der Waals surface area contributed by atoms with Gasteiger partial charge < -0.3 is 0 Å². The Bertz CT molecular complexity index is 73.5. The van der Waals surface area contributed by atoms with Crippen molar-refractivity contribution < 1.29 is 0 Å². The molecule has 0 atom stereocenters. The Hall–Kier alpha value is -0.105. The van der Waals surface area contributed by atoms with Crippen LogP contribution in [0.25, 0.3) is 0 Å². The molecule has 1 heterocycles. The standard InChI is InChI=1S/C4H4BS/c1-2-4-6-5-3-1/h1-4H. The highest BCUT2D eigenvalue weighted by Crippen LogP contribution is 2.03. The van der Waals surface area contributed by atoms with Crippen molar-refractivity contribution in [2.45, 2.75) is 0 Å². The van der Waals surface area contributed by atoms with Gasteiger partial charge in [-0.2, -0.15) is 11.6 Å². The van der Waals surface area contributed by atoms with Crippen molar-refractivity contribution in [2.75, 3.05) is 0 Å². The minimum Gasteiger partial charge on any atom is -0.186 e. The van der Waals surface area contributed by atoms with Crippen LogP contribution in [0.2, 0.25) is 0 Å². The molecule has 1 radical (unpaired) electrons. The molecule has 0 spiro atoms. The number of hydrogen-bond acceptors (Lipinski definition) is 1. The van der Waals surface area contributed by atoms with Gasteiger partial charge in [-0.25, -0.2) is 0 Å². The summed E-state index contributed by atoms with van der Waals surface area (Å²) in [5.41, 5.74) is 0. The van der Waals surface area contributed by atoms with Crippen LogP contribution in [0.1, 0.15) is 0 Å². The van der Waals surface area contributed by atoms with E-state index in [1.807, 2.05) is 30.1 Å². The number of hydrogen-bond donors (Lipinski definition) is 0. The van der Waals surface area contributed by atoms with Crippen molar-refractivity contribution in [2.24, 2.45) is 0 Å². The average molecular weight is 95.0 g/mol. The van der Waals surface area contributed by atoms with E-state index in [9.17, 15) is 0 Å². The molecule has 1 aliphatic rings. The summed E-state index contributed by atoms with van der Waals surface area (Å²) < 4.78 is 0. The lowest BCUT2D eigenvalue weighted by molar-refractivity contribution is 2.08. The molecule has 0 aliphatic carbocycles. The molecule has 2 heteroatoms. The van der Waals surface area contributed by atoms with Crippen LogP contribution in [0.4, 0.5) is 0 Å². The van der Waals surface area contributed by atoms with E-state index in [-0.39, 0.29) is 0 Å². The predicted octanol–water partition coefficient (Wildman–Crippen LogP) is 1.38. The summed E-state index contributed by atoms with van der Waals surface area (Å²) in [6.45, 7) is 2.04. The number of allylic oxidation sites excluding steroid dienone is 2. The monoisotopic (exact) mass is 95.0 g/mol. The van der Waals surface area contributed by atoms with Crippen LogP contribution in [0.5, 0.6) is 0 Å². The van der Waals surface area contributed by atoms with E-state index in [0.717, 1.165) is 0 Å². The van der Waals surface area contributed by atoms with Gasteiger partial charge in [0, 0.05) is 0 Å². The smallest absolute Gasteiger partial charge is 0.186 e. The summed E-state index contributed by atoms with van der Waals surface area (Å²) in [4.78, 5) is 0. The molecule has 1 aliphatic heterocycles. The highest BCUT2D eigenvalue weighted by atomic mass is 32.2. The zero-order valence-corrected chi connectivity index (χ0v) is 4.11. The lowest BCUT2D eigenvalue weighted by Gasteiger charge is -1.86. The highest BCUT2D eigenvalue weighted by molar-refractivity contribution is 8.25. The summed E-state index contributed by atoms with van der Waals surface area (Å²) in [6, 6.07) is 0. The summed E-state index contributed by atoms with van der Waals surface area (Å²) in [5, 5.41) is 2.04. The molecule has 0 aromatic heterocycles. The van der Waals surface area contributed by atoms with Crippen LogP contribution in [0, 0.1) is 0 Å². The van der Waals surface area contributed by atoms with Gasteiger partial charge in [0.25, 0.3) is 0 Å². The zero-order valence-electron chi connectivity index (χ0n) is 3.29. The van der Waals surface area contributed by atoms with Gasteiger partial charge in [-0.1, -0.05) is 12.2 Å². The molecule has 0 saturated carbocycles. The Balaban J connectivity index is 2.46. The van der Waals surface area contributed by atoms with Gasteiger partial charge in [-0.05, 0) is 5.41 Å². The maximum atomic E-state index is 2.04. The molecular weight excluding hydrogens is 90.9 g/mol. The minimum absolute atomic E-state index is 1.70. The third-order valence-electron chi connectivity index (χ3n) is 0.536. The van der Waals surface area contributed by atoms with E-state index in [0.29, 0.717) is 0 Å². The Kier molecular flexibility index (Phi) is 1.45. The van der Waals surface area contributed by atoms with E-state index < -0.39 is 0 Å². The summed E-state index contributed by atoms with van der Waals surface area (Å²) in [7, 11) is 0. The van der Waals surface area contributed by atoms with Crippen LogP contribution in [0.3, 0.4) is 0 Å². The van der Waals surface area contributed by atoms with E-state index in [1.54, 1.807) is 11.6 Å². The normalized spacial score (nSPS) is 17.3. The molecule has 0 fully saturated rings. The summed E-state index contributed by atoms with van der Waals surface area (Å²) >= 11 is 1.70. The first-order valence-corrected chi connectivity index (χ1v) is 2.75. The van der Waals surface area contributed by atoms with Crippen LogP contribution in [0.15, 0.2) is 23.5 Å². The second kappa shape index (κ2) is 2.14. The van der Waals surface area contributed by atoms with Gasteiger partial charge >= 0.3 is 0 Å². The average Bonchev–Trinajstić information content (AvgIpc) is 1.72. The Morgan fingerprint density at radius 1 is 1.33 bits per heavy atom. The van der Waals surface area contributed by atoms with Gasteiger partial charge in [0.1, 0.15) is 0 Å². The number of rotatable bonds is 0. The molecule has 0 bridgehead atoms. The van der Waals surface area contributed by atoms with E-state index in [2.05, 4.69) is 0 Å². The molecule has 0 N–H and O–H groups in total. The molecule has 1 rings (SSSR count). The SMILES string of the molecule is [B]1C=CC=CS1. The maximum absolute atomic E-state index is 2.04. The summed E-state index contributed by atoms with van der Waals surface area (Å²) in [6.07, 6.45) is 4.03. The van der Waals surface area contributed by atoms with Crippen LogP contribution >= 0.6 is 11.6 Å². The third kappa shape index (κ3) is 0.939. The first kappa shape index (κ1) is 4.06. The first-order valence-electron chi connectivity index (χ1n) is 1.80. The fourth-order valence-electron chi connectivity index (χ4n) is 0.291. The molecule has 0 nitrogen and oxygen atoms in total. The van der Waals surface area contributed by atoms with Crippen molar-refractivity contribution in [1.29, 1.82) is 0 Å². The van der Waals surface area contributed by atoms with E-state index in [1.165, 1.54) is 0 Å². The molecular formula is C4H4BS. The van der Waals surface area contributed by atoms with Crippen LogP contribution in [-0.2, 0) is 0 Å². The Morgan fingerprint density at radius 2 is 2.33 bits per heavy atom. The van der Waals surface area contributed by atoms with Crippen LogP contribution < -0.4 is 0 Å². The predicted molar refractivity (Wildman–Crippen MR) is 31.6 cm³/mol. The Morgan fingerprint density at radius 3 is 2.50 bits per heavy atom. The maximum Gasteiger partial charge on any atom is 0.227 e. The topological polar surface area (TPSA) is 0 Å². The largest absolute Gasteiger partial charge is 0.227 e. The van der Waals surface area contributed by atoms with Gasteiger partial charge in [-0.3, -0.25) is 0 Å². The molecule has 0 aromatic rings. The van der Waals surface area contributed by atoms with E-state index in [4.69, 9.17) is 0 Å². The van der Waals surface area contributed by atoms with Crippen molar-refractivity contribution in [3.63, 3.8) is 0 Å². The molecule has 0 saturated heterocycles. The lowest BCUT2D eigenvalue weighted by atomic mass is 10.1. The molecule has 29 valence electrons. The van der Waals surface area contributed by atoms with E-state index >= 15 is 0 Å². The fraction of sp³-hybridized carbons (Fsp3) is 0. The Labute approximate surface area is 42.5 Å². The summed E-state index contributed by atoms with van der Waals surface area (Å²) in [5.74, 6) is 2.02. The molecule has 0 aromatic carbocycles. The van der Waals surface area contributed by atoms with Crippen molar-refractivity contribution >= 4 is 18.2 Å². The minimum atomic E-state index is 1.70. The quantitative estimate of drug-likeness (QED) is 0.409. The fourth-order valence-corrected chi connectivity index (χ4v) is 0.745. The van der Waals surface area contributed by atoms with Gasteiger partial charge in [0.2, 0.25) is 6.56 Å². The highest BCUT2D eigenvalue weighted by Gasteiger charge is 1.81. The zero-order chi connectivity index (χ0) is 4.24. The van der Waals surface area contributed by atoms with Crippen molar-refractivity contribution in [3.05, 3.63) is 23.5 Å². The van der Waals surface area contributed by atoms with Gasteiger partial charge in [0.15, 0.2) is 0 Å². The van der Waals surface area contributed by atoms with Crippen molar-refractivity contribution in [3.8, 4) is 0 Å². The first-order chi connectivity index (χ1) is 3.00. The lowest BCUT2D eigenvalue weighted by Crippen LogP contribution is -1.73. The van der Waals surface area contributed by atoms with Gasteiger partial charge in [0.05, 0.1) is 0 Å². The molecule has 0 amide bonds.